The zero-order valence-corrected chi connectivity index (χ0v) is 14.2. The van der Waals surface area contributed by atoms with E-state index in [1.165, 1.54) is 0 Å². The van der Waals surface area contributed by atoms with Crippen LogP contribution in [0.3, 0.4) is 0 Å². The number of aryl methyl sites for hydroxylation is 1. The summed E-state index contributed by atoms with van der Waals surface area (Å²) in [5, 5.41) is 0. The van der Waals surface area contributed by atoms with Crippen LogP contribution in [0.4, 0.5) is 0 Å². The number of piperidine rings is 1. The molecule has 4 rings (SSSR count). The van der Waals surface area contributed by atoms with Gasteiger partial charge in [-0.05, 0) is 31.4 Å². The monoisotopic (exact) mass is 339 g/mol. The van der Waals surface area contributed by atoms with Gasteiger partial charge in [0.05, 0.1) is 17.4 Å². The van der Waals surface area contributed by atoms with E-state index >= 15 is 0 Å². The van der Waals surface area contributed by atoms with Gasteiger partial charge in [0.2, 0.25) is 0 Å². The van der Waals surface area contributed by atoms with Crippen LogP contribution in [-0.2, 0) is 6.42 Å². The van der Waals surface area contributed by atoms with Gasteiger partial charge in [-0.3, -0.25) is 9.36 Å². The summed E-state index contributed by atoms with van der Waals surface area (Å²) < 4.78 is 1.84. The van der Waals surface area contributed by atoms with E-state index < -0.39 is 0 Å². The number of nitrogens with one attached hydrogen (secondary N) is 2. The molecule has 0 aliphatic carbocycles. The molecule has 1 aromatic carbocycles. The van der Waals surface area contributed by atoms with Crippen molar-refractivity contribution in [2.24, 2.45) is 0 Å². The molecule has 0 atom stereocenters. The molecule has 3 aromatic rings. The Balaban J connectivity index is 1.52. The molecule has 0 radical (unpaired) electrons. The molecule has 130 valence electrons. The highest BCUT2D eigenvalue weighted by Gasteiger charge is 2.28. The minimum absolute atomic E-state index is 0.0252. The molecule has 1 saturated heterocycles. The molecule has 1 amide bonds. The van der Waals surface area contributed by atoms with Crippen LogP contribution in [0.2, 0.25) is 0 Å². The summed E-state index contributed by atoms with van der Waals surface area (Å²) >= 11 is 0. The number of rotatable bonds is 3. The lowest BCUT2D eigenvalue weighted by molar-refractivity contribution is 0.0688. The number of likely N-dealkylation sites (tertiary alicyclic amines) is 1. The Morgan fingerprint density at radius 3 is 2.80 bits per heavy atom. The van der Waals surface area contributed by atoms with E-state index in [4.69, 9.17) is 0 Å². The van der Waals surface area contributed by atoms with Gasteiger partial charge in [-0.15, -0.1) is 0 Å². The van der Waals surface area contributed by atoms with E-state index in [1.54, 1.807) is 6.33 Å². The highest BCUT2D eigenvalue weighted by molar-refractivity contribution is 5.93. The average molecular weight is 339 g/mol. The maximum absolute atomic E-state index is 12.7. The number of amides is 1. The predicted molar refractivity (Wildman–Crippen MR) is 94.7 cm³/mol. The molecule has 0 bridgehead atoms. The van der Waals surface area contributed by atoms with Crippen molar-refractivity contribution in [2.45, 2.75) is 32.2 Å². The molecule has 1 aliphatic rings. The minimum atomic E-state index is -0.0773. The van der Waals surface area contributed by atoms with Crippen LogP contribution >= 0.6 is 0 Å². The number of aromatic nitrogens is 4. The summed E-state index contributed by atoms with van der Waals surface area (Å²) in [5.41, 5.74) is 3.10. The maximum Gasteiger partial charge on any atom is 0.326 e. The normalized spacial score (nSPS) is 15.8. The number of hydrogen-bond donors (Lipinski definition) is 2. The molecule has 0 unspecified atom stereocenters. The molecule has 7 nitrogen and oxygen atoms in total. The second kappa shape index (κ2) is 6.23. The van der Waals surface area contributed by atoms with Crippen molar-refractivity contribution in [2.75, 3.05) is 13.1 Å². The number of benzene rings is 1. The maximum atomic E-state index is 12.7. The largest absolute Gasteiger partial charge is 0.348 e. The van der Waals surface area contributed by atoms with Gasteiger partial charge in [-0.25, -0.2) is 9.78 Å². The van der Waals surface area contributed by atoms with E-state index in [1.807, 2.05) is 40.7 Å². The molecule has 2 N–H and O–H groups in total. The third kappa shape index (κ3) is 2.65. The highest BCUT2D eigenvalue weighted by atomic mass is 16.2. The first kappa shape index (κ1) is 15.7. The van der Waals surface area contributed by atoms with Crippen LogP contribution in [0.15, 0.2) is 35.4 Å². The Morgan fingerprint density at radius 1 is 1.28 bits per heavy atom. The Bertz CT molecular complexity index is 959. The van der Waals surface area contributed by atoms with Gasteiger partial charge in [0, 0.05) is 24.8 Å². The van der Waals surface area contributed by atoms with Crippen LogP contribution in [0.1, 0.15) is 42.0 Å². The number of H-pyrrole nitrogens is 2. The number of aromatic amines is 2. The zero-order valence-electron chi connectivity index (χ0n) is 14.2. The number of hydrogen-bond acceptors (Lipinski definition) is 3. The Labute approximate surface area is 144 Å². The number of fused-ring (bicyclic) bond motifs is 1. The van der Waals surface area contributed by atoms with Gasteiger partial charge < -0.3 is 14.9 Å². The fourth-order valence-corrected chi connectivity index (χ4v) is 3.69. The zero-order chi connectivity index (χ0) is 17.4. The van der Waals surface area contributed by atoms with Gasteiger partial charge >= 0.3 is 5.69 Å². The van der Waals surface area contributed by atoms with Crippen molar-refractivity contribution >= 4 is 16.9 Å². The lowest BCUT2D eigenvalue weighted by atomic mass is 10.0. The first-order valence-electron chi connectivity index (χ1n) is 8.69. The average Bonchev–Trinajstić information content (AvgIpc) is 3.24. The van der Waals surface area contributed by atoms with Gasteiger partial charge in [0.1, 0.15) is 5.69 Å². The fraction of sp³-hybridized carbons (Fsp3) is 0.389. The van der Waals surface area contributed by atoms with Gasteiger partial charge in [-0.2, -0.15) is 0 Å². The van der Waals surface area contributed by atoms with E-state index in [0.29, 0.717) is 18.8 Å². The van der Waals surface area contributed by atoms with Crippen molar-refractivity contribution in [3.05, 3.63) is 52.5 Å². The quantitative estimate of drug-likeness (QED) is 0.766. The van der Waals surface area contributed by atoms with E-state index in [0.717, 1.165) is 36.0 Å². The number of carbonyl (C=O) groups is 1. The first-order valence-corrected chi connectivity index (χ1v) is 8.69. The first-order chi connectivity index (χ1) is 12.2. The number of carbonyl (C=O) groups excluding carboxylic acids is 1. The third-order valence-electron chi connectivity index (χ3n) is 5.02. The molecule has 2 aromatic heterocycles. The summed E-state index contributed by atoms with van der Waals surface area (Å²) in [6.45, 7) is 3.26. The van der Waals surface area contributed by atoms with Crippen LogP contribution in [-0.4, -0.2) is 43.4 Å². The SMILES string of the molecule is CCc1[nH]cnc1C(=O)N1CCC(n2c(=O)[nH]c3ccccc32)CC1. The second-order valence-corrected chi connectivity index (χ2v) is 6.42. The van der Waals surface area contributed by atoms with Gasteiger partial charge in [0.25, 0.3) is 5.91 Å². The Morgan fingerprint density at radius 2 is 2.04 bits per heavy atom. The summed E-state index contributed by atoms with van der Waals surface area (Å²) in [7, 11) is 0. The van der Waals surface area contributed by atoms with Gasteiger partial charge in [0.15, 0.2) is 0 Å². The van der Waals surface area contributed by atoms with Crippen molar-refractivity contribution in [1.29, 1.82) is 0 Å². The topological polar surface area (TPSA) is 86.8 Å². The number of para-hydroxylation sites is 2. The smallest absolute Gasteiger partial charge is 0.326 e. The van der Waals surface area contributed by atoms with E-state index in [2.05, 4.69) is 15.0 Å². The summed E-state index contributed by atoms with van der Waals surface area (Å²) in [6, 6.07) is 7.84. The van der Waals surface area contributed by atoms with Crippen molar-refractivity contribution in [3.8, 4) is 0 Å². The molecule has 0 saturated carbocycles. The highest BCUT2D eigenvalue weighted by Crippen LogP contribution is 2.25. The van der Waals surface area contributed by atoms with E-state index in [-0.39, 0.29) is 17.6 Å². The lowest BCUT2D eigenvalue weighted by Crippen LogP contribution is -2.40. The number of nitrogens with zero attached hydrogens (tertiary/aromatic N) is 3. The van der Waals surface area contributed by atoms with Crippen LogP contribution in [0.25, 0.3) is 11.0 Å². The van der Waals surface area contributed by atoms with E-state index in [9.17, 15) is 9.59 Å². The lowest BCUT2D eigenvalue weighted by Gasteiger charge is -2.32. The summed E-state index contributed by atoms with van der Waals surface area (Å²) in [4.78, 5) is 37.0. The molecule has 1 fully saturated rings. The molecular weight excluding hydrogens is 318 g/mol. The summed E-state index contributed by atoms with van der Waals surface area (Å²) in [5.74, 6) is -0.0252. The second-order valence-electron chi connectivity index (χ2n) is 6.42. The molecular formula is C18H21N5O2. The molecule has 7 heteroatoms. The standard InChI is InChI=1S/C18H21N5O2/c1-2-13-16(20-11-19-13)17(24)22-9-7-12(8-10-22)23-15-6-4-3-5-14(15)21-18(23)25/h3-6,11-12H,2,7-10H2,1H3,(H,19,20)(H,21,25). The number of imidazole rings is 2. The van der Waals surface area contributed by atoms with Crippen molar-refractivity contribution < 1.29 is 4.79 Å². The van der Waals surface area contributed by atoms with Crippen molar-refractivity contribution in [3.63, 3.8) is 0 Å². The van der Waals surface area contributed by atoms with Crippen LogP contribution in [0.5, 0.6) is 0 Å². The molecule has 1 aliphatic heterocycles. The Hall–Kier alpha value is -2.83. The predicted octanol–water partition coefficient (Wildman–Crippen LogP) is 2.09. The molecule has 25 heavy (non-hydrogen) atoms. The third-order valence-corrected chi connectivity index (χ3v) is 5.02. The van der Waals surface area contributed by atoms with Crippen molar-refractivity contribution in [1.82, 2.24) is 24.4 Å². The minimum Gasteiger partial charge on any atom is -0.348 e. The van der Waals surface area contributed by atoms with Crippen LogP contribution < -0.4 is 5.69 Å². The van der Waals surface area contributed by atoms with Gasteiger partial charge in [-0.1, -0.05) is 19.1 Å². The molecule has 3 heterocycles. The van der Waals surface area contributed by atoms with Crippen LogP contribution in [0, 0.1) is 0 Å². The summed E-state index contributed by atoms with van der Waals surface area (Å²) in [6.07, 6.45) is 3.85. The Kier molecular flexibility index (Phi) is 3.91. The molecule has 0 spiro atoms. The fourth-order valence-electron chi connectivity index (χ4n) is 3.69.